The molecule has 1 heterocycles. The zero-order valence-corrected chi connectivity index (χ0v) is 19.7. The fourth-order valence-electron chi connectivity index (χ4n) is 5.43. The van der Waals surface area contributed by atoms with E-state index in [0.29, 0.717) is 23.3 Å². The van der Waals surface area contributed by atoms with Crippen LogP contribution in [0.15, 0.2) is 48.5 Å². The number of non-ortho nitro benzene ring substituents is 1. The average molecular weight is 470 g/mol. The van der Waals surface area contributed by atoms with Gasteiger partial charge in [-0.1, -0.05) is 36.6 Å². The molecule has 0 spiro atoms. The number of carbonyl (C=O) groups is 1. The van der Waals surface area contributed by atoms with Crippen LogP contribution in [0.25, 0.3) is 0 Å². The maximum atomic E-state index is 12.7. The van der Waals surface area contributed by atoms with Crippen molar-refractivity contribution in [3.05, 3.63) is 69.2 Å². The van der Waals surface area contributed by atoms with Gasteiger partial charge in [0, 0.05) is 42.0 Å². The molecule has 7 heteroatoms. The molecular weight excluding hydrogens is 438 g/mol. The van der Waals surface area contributed by atoms with Crippen LogP contribution in [0.2, 0.25) is 5.02 Å². The minimum absolute atomic E-state index is 0.0883. The average Bonchev–Trinajstić information content (AvgIpc) is 2.82. The number of nitro benzene ring substituents is 1. The first-order valence-electron chi connectivity index (χ1n) is 12.0. The zero-order valence-electron chi connectivity index (χ0n) is 18.9. The number of piperidine rings is 1. The Bertz CT molecular complexity index is 948. The standard InChI is InChI=1S/C26H32ClN3O3/c27-22-9-7-19(8-10-22)17-26(31)28-25-6-2-1-5-21(25)16-20-4-3-15-29(18-20)23-11-13-24(14-12-23)30(32)33/h7-14,20-21,25H,1-6,15-18H2,(H,28,31)/t20?,21-,25+/m0/s1. The van der Waals surface area contributed by atoms with Crippen LogP contribution in [0.5, 0.6) is 0 Å². The van der Waals surface area contributed by atoms with E-state index in [9.17, 15) is 14.9 Å². The van der Waals surface area contributed by atoms with Crippen molar-refractivity contribution in [2.75, 3.05) is 18.0 Å². The number of nitrogens with one attached hydrogen (secondary N) is 1. The second-order valence-corrected chi connectivity index (χ2v) is 9.92. The van der Waals surface area contributed by atoms with Gasteiger partial charge in [-0.05, 0) is 73.8 Å². The highest BCUT2D eigenvalue weighted by Gasteiger charge is 2.30. The summed E-state index contributed by atoms with van der Waals surface area (Å²) in [6, 6.07) is 14.6. The monoisotopic (exact) mass is 469 g/mol. The molecule has 1 amide bonds. The quantitative estimate of drug-likeness (QED) is 0.412. The van der Waals surface area contributed by atoms with Crippen LogP contribution in [-0.2, 0) is 11.2 Å². The molecule has 2 fully saturated rings. The maximum absolute atomic E-state index is 12.7. The minimum Gasteiger partial charge on any atom is -0.371 e. The topological polar surface area (TPSA) is 75.5 Å². The van der Waals surface area contributed by atoms with Crippen molar-refractivity contribution in [3.8, 4) is 0 Å². The van der Waals surface area contributed by atoms with Gasteiger partial charge in [0.2, 0.25) is 5.91 Å². The Morgan fingerprint density at radius 2 is 1.76 bits per heavy atom. The fraction of sp³-hybridized carbons (Fsp3) is 0.500. The fourth-order valence-corrected chi connectivity index (χ4v) is 5.56. The van der Waals surface area contributed by atoms with Crippen molar-refractivity contribution in [2.45, 2.75) is 57.4 Å². The first kappa shape index (κ1) is 23.6. The molecule has 2 aliphatic rings. The molecule has 0 aromatic heterocycles. The molecule has 1 saturated carbocycles. The number of carbonyl (C=O) groups excluding carboxylic acids is 1. The van der Waals surface area contributed by atoms with Gasteiger partial charge in [0.1, 0.15) is 0 Å². The van der Waals surface area contributed by atoms with Crippen molar-refractivity contribution in [1.82, 2.24) is 5.32 Å². The Labute approximate surface area is 200 Å². The highest BCUT2D eigenvalue weighted by atomic mass is 35.5. The lowest BCUT2D eigenvalue weighted by Crippen LogP contribution is -2.44. The summed E-state index contributed by atoms with van der Waals surface area (Å²) in [4.78, 5) is 25.7. The van der Waals surface area contributed by atoms with E-state index in [4.69, 9.17) is 11.6 Å². The Kier molecular flexibility index (Phi) is 7.86. The summed E-state index contributed by atoms with van der Waals surface area (Å²) in [5, 5.41) is 15.0. The molecule has 6 nitrogen and oxygen atoms in total. The summed E-state index contributed by atoms with van der Waals surface area (Å²) in [5.74, 6) is 1.17. The van der Waals surface area contributed by atoms with E-state index in [0.717, 1.165) is 43.6 Å². The molecule has 1 saturated heterocycles. The lowest BCUT2D eigenvalue weighted by molar-refractivity contribution is -0.384. The number of anilines is 1. The lowest BCUT2D eigenvalue weighted by atomic mass is 9.77. The van der Waals surface area contributed by atoms with Crippen LogP contribution in [0.4, 0.5) is 11.4 Å². The number of hydrogen-bond donors (Lipinski definition) is 1. The molecule has 0 radical (unpaired) electrons. The van der Waals surface area contributed by atoms with Gasteiger partial charge in [0.05, 0.1) is 11.3 Å². The first-order valence-corrected chi connectivity index (χ1v) is 12.4. The third-order valence-electron chi connectivity index (χ3n) is 7.11. The Balaban J connectivity index is 1.33. The molecular formula is C26H32ClN3O3. The van der Waals surface area contributed by atoms with E-state index in [-0.39, 0.29) is 22.6 Å². The van der Waals surface area contributed by atoms with Crippen LogP contribution in [0, 0.1) is 22.0 Å². The number of amides is 1. The summed E-state index contributed by atoms with van der Waals surface area (Å²) in [5.41, 5.74) is 2.17. The largest absolute Gasteiger partial charge is 0.371 e. The molecule has 33 heavy (non-hydrogen) atoms. The lowest BCUT2D eigenvalue weighted by Gasteiger charge is -2.39. The van der Waals surface area contributed by atoms with Crippen molar-refractivity contribution in [1.29, 1.82) is 0 Å². The van der Waals surface area contributed by atoms with E-state index in [1.807, 2.05) is 36.4 Å². The number of benzene rings is 2. The Hall–Kier alpha value is -2.60. The highest BCUT2D eigenvalue weighted by molar-refractivity contribution is 6.30. The first-order chi connectivity index (χ1) is 16.0. The van der Waals surface area contributed by atoms with Gasteiger partial charge in [0.15, 0.2) is 0 Å². The number of halogens is 1. The molecule has 1 aliphatic heterocycles. The van der Waals surface area contributed by atoms with E-state index in [1.54, 1.807) is 12.1 Å². The van der Waals surface area contributed by atoms with Crippen molar-refractivity contribution in [3.63, 3.8) is 0 Å². The second kappa shape index (κ2) is 11.0. The number of hydrogen-bond acceptors (Lipinski definition) is 4. The predicted octanol–water partition coefficient (Wildman–Crippen LogP) is 5.77. The van der Waals surface area contributed by atoms with E-state index in [1.165, 1.54) is 25.7 Å². The summed E-state index contributed by atoms with van der Waals surface area (Å²) < 4.78 is 0. The SMILES string of the molecule is O=C(Cc1ccc(Cl)cc1)N[C@@H]1CCCC[C@H]1CC1CCCN(c2ccc([N+](=O)[O-])cc2)C1. The van der Waals surface area contributed by atoms with Crippen LogP contribution >= 0.6 is 11.6 Å². The zero-order chi connectivity index (χ0) is 23.2. The molecule has 3 atom stereocenters. The third kappa shape index (κ3) is 6.47. The number of nitrogens with zero attached hydrogens (tertiary/aromatic N) is 2. The van der Waals surface area contributed by atoms with Crippen molar-refractivity contribution >= 4 is 28.9 Å². The second-order valence-electron chi connectivity index (χ2n) is 9.49. The van der Waals surface area contributed by atoms with Crippen LogP contribution in [-0.4, -0.2) is 30.0 Å². The van der Waals surface area contributed by atoms with Crippen molar-refractivity contribution in [2.24, 2.45) is 11.8 Å². The molecule has 2 aromatic carbocycles. The summed E-state index contributed by atoms with van der Waals surface area (Å²) in [7, 11) is 0. The van der Waals surface area contributed by atoms with Crippen LogP contribution < -0.4 is 10.2 Å². The maximum Gasteiger partial charge on any atom is 0.269 e. The molecule has 176 valence electrons. The number of rotatable bonds is 7. The van der Waals surface area contributed by atoms with Gasteiger partial charge in [-0.2, -0.15) is 0 Å². The molecule has 0 bridgehead atoms. The van der Waals surface area contributed by atoms with Gasteiger partial charge in [-0.15, -0.1) is 0 Å². The van der Waals surface area contributed by atoms with Gasteiger partial charge in [0.25, 0.3) is 5.69 Å². The predicted molar refractivity (Wildman–Crippen MR) is 132 cm³/mol. The molecule has 1 N–H and O–H groups in total. The minimum atomic E-state index is -0.354. The third-order valence-corrected chi connectivity index (χ3v) is 7.37. The number of nitro groups is 1. The molecule has 1 aliphatic carbocycles. The van der Waals surface area contributed by atoms with Crippen molar-refractivity contribution < 1.29 is 9.72 Å². The van der Waals surface area contributed by atoms with E-state index >= 15 is 0 Å². The molecule has 1 unspecified atom stereocenters. The van der Waals surface area contributed by atoms with Gasteiger partial charge >= 0.3 is 0 Å². The highest BCUT2D eigenvalue weighted by Crippen LogP contribution is 2.34. The van der Waals surface area contributed by atoms with Gasteiger partial charge in [-0.3, -0.25) is 14.9 Å². The summed E-state index contributed by atoms with van der Waals surface area (Å²) >= 11 is 5.95. The summed E-state index contributed by atoms with van der Waals surface area (Å²) in [6.45, 7) is 1.96. The van der Waals surface area contributed by atoms with Gasteiger partial charge < -0.3 is 10.2 Å². The van der Waals surface area contributed by atoms with E-state index < -0.39 is 0 Å². The Morgan fingerprint density at radius 3 is 2.48 bits per heavy atom. The van der Waals surface area contributed by atoms with Crippen LogP contribution in [0.3, 0.4) is 0 Å². The molecule has 4 rings (SSSR count). The van der Waals surface area contributed by atoms with Gasteiger partial charge in [-0.25, -0.2) is 0 Å². The molecule has 2 aromatic rings. The van der Waals surface area contributed by atoms with Crippen LogP contribution in [0.1, 0.15) is 50.5 Å². The Morgan fingerprint density at radius 1 is 1.03 bits per heavy atom. The normalized spacial score (nSPS) is 23.2. The smallest absolute Gasteiger partial charge is 0.269 e. The summed E-state index contributed by atoms with van der Waals surface area (Å²) in [6.07, 6.45) is 8.45. The van der Waals surface area contributed by atoms with E-state index in [2.05, 4.69) is 10.2 Å².